The van der Waals surface area contributed by atoms with Crippen LogP contribution in [0.5, 0.6) is 11.5 Å². The fourth-order valence-electron chi connectivity index (χ4n) is 2.05. The van der Waals surface area contributed by atoms with E-state index >= 15 is 0 Å². The number of alkyl halides is 1. The van der Waals surface area contributed by atoms with Gasteiger partial charge in [0.2, 0.25) is 12.7 Å². The first kappa shape index (κ1) is 14.4. The molecule has 3 rings (SSSR count). The van der Waals surface area contributed by atoms with Gasteiger partial charge in [-0.2, -0.15) is 0 Å². The van der Waals surface area contributed by atoms with Gasteiger partial charge >= 0.3 is 0 Å². The predicted molar refractivity (Wildman–Crippen MR) is 81.6 cm³/mol. The summed E-state index contributed by atoms with van der Waals surface area (Å²) in [4.78, 5) is 24.2. The largest absolute Gasteiger partial charge is 0.454 e. The van der Waals surface area contributed by atoms with Crippen molar-refractivity contribution in [2.45, 2.75) is 5.38 Å². The number of anilines is 1. The maximum absolute atomic E-state index is 12.1. The first-order valence-corrected chi connectivity index (χ1v) is 7.02. The molecule has 1 heterocycles. The quantitative estimate of drug-likeness (QED) is 0.535. The van der Waals surface area contributed by atoms with Gasteiger partial charge in [0.05, 0.1) is 0 Å². The van der Waals surface area contributed by atoms with Crippen LogP contribution < -0.4 is 14.8 Å². The Morgan fingerprint density at radius 1 is 1.05 bits per heavy atom. The fourth-order valence-corrected chi connectivity index (χ4v) is 2.23. The van der Waals surface area contributed by atoms with Gasteiger partial charge in [-0.15, -0.1) is 11.6 Å². The molecule has 1 amide bonds. The molecule has 0 radical (unpaired) electrons. The van der Waals surface area contributed by atoms with Crippen molar-refractivity contribution in [2.75, 3.05) is 12.1 Å². The molecule has 0 aromatic heterocycles. The zero-order valence-corrected chi connectivity index (χ0v) is 12.2. The number of fused-ring (bicyclic) bond motifs is 1. The summed E-state index contributed by atoms with van der Waals surface area (Å²) in [5, 5.41) is 1.30. The summed E-state index contributed by atoms with van der Waals surface area (Å²) in [6.45, 7) is 0.150. The van der Waals surface area contributed by atoms with Crippen LogP contribution in [0, 0.1) is 0 Å². The fraction of sp³-hybridized carbons (Fsp3) is 0.125. The van der Waals surface area contributed by atoms with E-state index in [0.29, 0.717) is 22.7 Å². The minimum Gasteiger partial charge on any atom is -0.454 e. The molecule has 1 aliphatic rings. The van der Waals surface area contributed by atoms with Crippen molar-refractivity contribution in [2.24, 2.45) is 0 Å². The molecule has 0 unspecified atom stereocenters. The van der Waals surface area contributed by atoms with Crippen LogP contribution in [0.3, 0.4) is 0 Å². The lowest BCUT2D eigenvalue weighted by atomic mass is 10.1. The Morgan fingerprint density at radius 2 is 1.77 bits per heavy atom. The zero-order valence-electron chi connectivity index (χ0n) is 11.4. The molecule has 22 heavy (non-hydrogen) atoms. The second kappa shape index (κ2) is 6.07. The number of ketones is 1. The highest BCUT2D eigenvalue weighted by Crippen LogP contribution is 2.34. The minimum absolute atomic E-state index is 0.150. The molecular formula is C16H12ClNO4. The minimum atomic E-state index is -1.30. The number of ether oxygens (including phenoxy) is 2. The van der Waals surface area contributed by atoms with E-state index < -0.39 is 17.1 Å². The second-order valence-electron chi connectivity index (χ2n) is 4.65. The molecule has 6 heteroatoms. The van der Waals surface area contributed by atoms with Crippen molar-refractivity contribution < 1.29 is 19.1 Å². The number of hydrogen-bond acceptors (Lipinski definition) is 4. The standard InChI is InChI=1S/C16H12ClNO4/c17-14(15(19)10-4-2-1-3-5-10)16(20)18-11-6-7-12-13(8-11)22-9-21-12/h1-8,14H,9H2,(H,18,20)/t14-/m0/s1. The van der Waals surface area contributed by atoms with Gasteiger partial charge in [-0.25, -0.2) is 0 Å². The first-order chi connectivity index (χ1) is 10.6. The number of rotatable bonds is 4. The van der Waals surface area contributed by atoms with Crippen molar-refractivity contribution in [1.29, 1.82) is 0 Å². The summed E-state index contributed by atoms with van der Waals surface area (Å²) >= 11 is 5.97. The summed E-state index contributed by atoms with van der Waals surface area (Å²) in [7, 11) is 0. The lowest BCUT2D eigenvalue weighted by Gasteiger charge is -2.10. The number of hydrogen-bond donors (Lipinski definition) is 1. The normalized spacial score (nSPS) is 13.5. The van der Waals surface area contributed by atoms with Gasteiger partial charge in [0, 0.05) is 17.3 Å². The molecule has 1 N–H and O–H groups in total. The molecule has 2 aromatic carbocycles. The number of carbonyl (C=O) groups excluding carboxylic acids is 2. The van der Waals surface area contributed by atoms with Crippen molar-refractivity contribution in [3.05, 3.63) is 54.1 Å². The van der Waals surface area contributed by atoms with Crippen LogP contribution >= 0.6 is 11.6 Å². The van der Waals surface area contributed by atoms with E-state index in [1.807, 2.05) is 0 Å². The van der Waals surface area contributed by atoms with Gasteiger partial charge in [-0.1, -0.05) is 30.3 Å². The monoisotopic (exact) mass is 317 g/mol. The number of benzene rings is 2. The lowest BCUT2D eigenvalue weighted by Crippen LogP contribution is -2.30. The van der Waals surface area contributed by atoms with E-state index in [9.17, 15) is 9.59 Å². The van der Waals surface area contributed by atoms with Crippen molar-refractivity contribution >= 4 is 29.0 Å². The topological polar surface area (TPSA) is 64.6 Å². The third kappa shape index (κ3) is 2.89. The van der Waals surface area contributed by atoms with Crippen molar-refractivity contribution in [3.63, 3.8) is 0 Å². The number of amides is 1. The Morgan fingerprint density at radius 3 is 2.55 bits per heavy atom. The smallest absolute Gasteiger partial charge is 0.250 e. The van der Waals surface area contributed by atoms with Crippen LogP contribution in [0.15, 0.2) is 48.5 Å². The third-order valence-corrected chi connectivity index (χ3v) is 3.56. The van der Waals surface area contributed by atoms with Crippen LogP contribution in [0.1, 0.15) is 10.4 Å². The Bertz CT molecular complexity index is 717. The molecule has 0 aliphatic carbocycles. The van der Waals surface area contributed by atoms with Crippen LogP contribution in [0.25, 0.3) is 0 Å². The maximum atomic E-state index is 12.1. The SMILES string of the molecule is O=C(Nc1ccc2c(c1)OCO2)[C@@H](Cl)C(=O)c1ccccc1. The average Bonchev–Trinajstić information content (AvgIpc) is 3.02. The van der Waals surface area contributed by atoms with Crippen LogP contribution in [0.4, 0.5) is 5.69 Å². The Kier molecular flexibility index (Phi) is 3.98. The van der Waals surface area contributed by atoms with Crippen LogP contribution in [-0.2, 0) is 4.79 Å². The van der Waals surface area contributed by atoms with Crippen LogP contribution in [0.2, 0.25) is 0 Å². The third-order valence-electron chi connectivity index (χ3n) is 3.16. The van der Waals surface area contributed by atoms with E-state index in [1.165, 1.54) is 0 Å². The van der Waals surface area contributed by atoms with Gasteiger partial charge in [-0.05, 0) is 12.1 Å². The molecule has 2 aromatic rings. The summed E-state index contributed by atoms with van der Waals surface area (Å²) < 4.78 is 10.4. The zero-order chi connectivity index (χ0) is 15.5. The summed E-state index contributed by atoms with van der Waals surface area (Å²) in [5.41, 5.74) is 0.879. The number of Topliss-reactive ketones (excluding diaryl/α,β-unsaturated/α-hetero) is 1. The average molecular weight is 318 g/mol. The summed E-state index contributed by atoms with van der Waals surface area (Å²) in [6, 6.07) is 13.4. The van der Waals surface area contributed by atoms with E-state index in [0.717, 1.165) is 0 Å². The van der Waals surface area contributed by atoms with Crippen LogP contribution in [-0.4, -0.2) is 23.9 Å². The lowest BCUT2D eigenvalue weighted by molar-refractivity contribution is -0.115. The van der Waals surface area contributed by atoms with Crippen molar-refractivity contribution in [1.82, 2.24) is 0 Å². The van der Waals surface area contributed by atoms with E-state index in [1.54, 1.807) is 48.5 Å². The van der Waals surface area contributed by atoms with Gasteiger partial charge in [0.25, 0.3) is 0 Å². The predicted octanol–water partition coefficient (Wildman–Crippen LogP) is 2.84. The highest BCUT2D eigenvalue weighted by Gasteiger charge is 2.25. The molecule has 0 saturated heterocycles. The molecule has 0 saturated carbocycles. The van der Waals surface area contributed by atoms with Gasteiger partial charge in [-0.3, -0.25) is 9.59 Å². The highest BCUT2D eigenvalue weighted by atomic mass is 35.5. The second-order valence-corrected chi connectivity index (χ2v) is 5.09. The molecule has 112 valence electrons. The van der Waals surface area contributed by atoms with E-state index in [4.69, 9.17) is 21.1 Å². The van der Waals surface area contributed by atoms with E-state index in [-0.39, 0.29) is 6.79 Å². The Labute approximate surface area is 131 Å². The Balaban J connectivity index is 1.70. The molecule has 1 atom stereocenters. The molecule has 5 nitrogen and oxygen atoms in total. The maximum Gasteiger partial charge on any atom is 0.250 e. The van der Waals surface area contributed by atoms with Gasteiger partial charge < -0.3 is 14.8 Å². The van der Waals surface area contributed by atoms with Gasteiger partial charge in [0.15, 0.2) is 22.7 Å². The van der Waals surface area contributed by atoms with Gasteiger partial charge in [0.1, 0.15) is 0 Å². The number of nitrogens with one attached hydrogen (secondary N) is 1. The highest BCUT2D eigenvalue weighted by molar-refractivity contribution is 6.45. The van der Waals surface area contributed by atoms with E-state index in [2.05, 4.69) is 5.32 Å². The molecule has 0 fully saturated rings. The first-order valence-electron chi connectivity index (χ1n) is 6.59. The van der Waals surface area contributed by atoms with Crippen molar-refractivity contribution in [3.8, 4) is 11.5 Å². The molecule has 0 bridgehead atoms. The Hall–Kier alpha value is -2.53. The number of halogens is 1. The summed E-state index contributed by atoms with van der Waals surface area (Å²) in [6.07, 6.45) is 0. The summed E-state index contributed by atoms with van der Waals surface area (Å²) in [5.74, 6) is 0.119. The molecule has 0 spiro atoms. The number of carbonyl (C=O) groups is 2. The molecule has 1 aliphatic heterocycles. The molecular weight excluding hydrogens is 306 g/mol.